The van der Waals surface area contributed by atoms with Crippen LogP contribution in [-0.2, 0) is 4.74 Å². The molecule has 0 bridgehead atoms. The first-order valence-corrected chi connectivity index (χ1v) is 5.00. The van der Waals surface area contributed by atoms with Crippen molar-refractivity contribution >= 4 is 5.76 Å². The van der Waals surface area contributed by atoms with Crippen molar-refractivity contribution in [2.45, 2.75) is 6.23 Å². The molecule has 2 heteroatoms. The number of ether oxygens (including phenoxy) is 1. The van der Waals surface area contributed by atoms with Crippen LogP contribution in [0.15, 0.2) is 61.0 Å². The lowest BCUT2D eigenvalue weighted by atomic mass is 10.2. The Labute approximate surface area is 88.8 Å². The standard InChI is InChI=1S/C13H11NO/c1-2-6-11(7-3-1)12-10-14-9-5-4-8-13(14)15-12/h1-10,13H. The van der Waals surface area contributed by atoms with Gasteiger partial charge in [0.25, 0.3) is 0 Å². The summed E-state index contributed by atoms with van der Waals surface area (Å²) in [5.74, 6) is 0.928. The van der Waals surface area contributed by atoms with E-state index in [1.807, 2.05) is 48.8 Å². The minimum atomic E-state index is 0.0326. The summed E-state index contributed by atoms with van der Waals surface area (Å²) in [6, 6.07) is 10.1. The number of hydrogen-bond acceptors (Lipinski definition) is 2. The van der Waals surface area contributed by atoms with Gasteiger partial charge in [0.05, 0.1) is 6.20 Å². The van der Waals surface area contributed by atoms with Crippen LogP contribution in [0.4, 0.5) is 0 Å². The van der Waals surface area contributed by atoms with Crippen LogP contribution in [-0.4, -0.2) is 11.1 Å². The topological polar surface area (TPSA) is 12.5 Å². The SMILES string of the molecule is C1=CC2OC(c3ccccc3)=CN2C=C1. The number of fused-ring (bicyclic) bond motifs is 1. The molecule has 1 atom stereocenters. The van der Waals surface area contributed by atoms with Crippen molar-refractivity contribution in [2.75, 3.05) is 0 Å². The molecule has 1 aromatic carbocycles. The summed E-state index contributed by atoms with van der Waals surface area (Å²) >= 11 is 0. The normalized spacial score (nSPS) is 22.3. The predicted octanol–water partition coefficient (Wildman–Crippen LogP) is 2.73. The molecule has 3 rings (SSSR count). The largest absolute Gasteiger partial charge is 0.464 e. The van der Waals surface area contributed by atoms with E-state index in [0.717, 1.165) is 11.3 Å². The Kier molecular flexibility index (Phi) is 1.85. The van der Waals surface area contributed by atoms with Crippen LogP contribution < -0.4 is 0 Å². The highest BCUT2D eigenvalue weighted by Crippen LogP contribution is 2.28. The van der Waals surface area contributed by atoms with E-state index in [4.69, 9.17) is 4.74 Å². The molecule has 2 aliphatic heterocycles. The average Bonchev–Trinajstić information content (AvgIpc) is 2.74. The molecule has 2 aliphatic rings. The number of hydrogen-bond donors (Lipinski definition) is 0. The quantitative estimate of drug-likeness (QED) is 0.686. The first-order chi connectivity index (χ1) is 7.43. The van der Waals surface area contributed by atoms with Crippen molar-refractivity contribution in [3.63, 3.8) is 0 Å². The highest BCUT2D eigenvalue weighted by atomic mass is 16.5. The van der Waals surface area contributed by atoms with Gasteiger partial charge in [-0.15, -0.1) is 0 Å². The second-order valence-corrected chi connectivity index (χ2v) is 3.54. The maximum atomic E-state index is 5.80. The summed E-state index contributed by atoms with van der Waals surface area (Å²) in [4.78, 5) is 2.06. The first kappa shape index (κ1) is 8.36. The maximum absolute atomic E-state index is 5.80. The van der Waals surface area contributed by atoms with Crippen molar-refractivity contribution in [3.05, 3.63) is 66.5 Å². The third-order valence-electron chi connectivity index (χ3n) is 2.51. The smallest absolute Gasteiger partial charge is 0.195 e. The summed E-state index contributed by atoms with van der Waals surface area (Å²) in [5, 5.41) is 0. The Morgan fingerprint density at radius 1 is 1.07 bits per heavy atom. The molecular weight excluding hydrogens is 186 g/mol. The molecule has 2 heterocycles. The van der Waals surface area contributed by atoms with Gasteiger partial charge in [-0.3, -0.25) is 0 Å². The fraction of sp³-hybridized carbons (Fsp3) is 0.0769. The van der Waals surface area contributed by atoms with Gasteiger partial charge in [-0.1, -0.05) is 36.4 Å². The summed E-state index contributed by atoms with van der Waals surface area (Å²) in [6.45, 7) is 0. The third-order valence-corrected chi connectivity index (χ3v) is 2.51. The zero-order valence-electron chi connectivity index (χ0n) is 8.21. The Bertz CT molecular complexity index is 445. The van der Waals surface area contributed by atoms with Crippen LogP contribution >= 0.6 is 0 Å². The molecule has 15 heavy (non-hydrogen) atoms. The van der Waals surface area contributed by atoms with Gasteiger partial charge in [-0.2, -0.15) is 0 Å². The fourth-order valence-corrected chi connectivity index (χ4v) is 1.75. The summed E-state index contributed by atoms with van der Waals surface area (Å²) in [7, 11) is 0. The second kappa shape index (κ2) is 3.31. The maximum Gasteiger partial charge on any atom is 0.195 e. The Hall–Kier alpha value is -1.96. The lowest BCUT2D eigenvalue weighted by Crippen LogP contribution is -2.21. The van der Waals surface area contributed by atoms with Crippen molar-refractivity contribution in [2.24, 2.45) is 0 Å². The molecule has 0 saturated heterocycles. The Morgan fingerprint density at radius 3 is 2.73 bits per heavy atom. The second-order valence-electron chi connectivity index (χ2n) is 3.54. The molecule has 74 valence electrons. The first-order valence-electron chi connectivity index (χ1n) is 5.00. The Morgan fingerprint density at radius 2 is 1.93 bits per heavy atom. The fourth-order valence-electron chi connectivity index (χ4n) is 1.75. The molecule has 0 aliphatic carbocycles. The number of allylic oxidation sites excluding steroid dienone is 2. The highest BCUT2D eigenvalue weighted by molar-refractivity contribution is 5.61. The molecular formula is C13H11NO. The van der Waals surface area contributed by atoms with Crippen LogP contribution in [0, 0.1) is 0 Å². The molecule has 1 unspecified atom stereocenters. The van der Waals surface area contributed by atoms with Gasteiger partial charge in [-0.05, 0) is 12.2 Å². The van der Waals surface area contributed by atoms with Crippen molar-refractivity contribution in [1.29, 1.82) is 0 Å². The van der Waals surface area contributed by atoms with E-state index in [1.165, 1.54) is 0 Å². The molecule has 0 saturated carbocycles. The molecule has 1 aromatic rings. The van der Waals surface area contributed by atoms with Gasteiger partial charge in [0.15, 0.2) is 6.23 Å². The molecule has 0 fully saturated rings. The zero-order valence-corrected chi connectivity index (χ0v) is 8.21. The third kappa shape index (κ3) is 1.44. The van der Waals surface area contributed by atoms with Gasteiger partial charge in [-0.25, -0.2) is 0 Å². The van der Waals surface area contributed by atoms with E-state index in [9.17, 15) is 0 Å². The van der Waals surface area contributed by atoms with E-state index in [2.05, 4.69) is 17.0 Å². The van der Waals surface area contributed by atoms with Gasteiger partial charge in [0.1, 0.15) is 5.76 Å². The molecule has 0 radical (unpaired) electrons. The van der Waals surface area contributed by atoms with Crippen molar-refractivity contribution in [1.82, 2.24) is 4.90 Å². The Balaban J connectivity index is 1.91. The van der Waals surface area contributed by atoms with E-state index in [1.54, 1.807) is 0 Å². The minimum absolute atomic E-state index is 0.0326. The van der Waals surface area contributed by atoms with Crippen LogP contribution in [0.25, 0.3) is 5.76 Å². The van der Waals surface area contributed by atoms with E-state index >= 15 is 0 Å². The molecule has 0 aromatic heterocycles. The van der Waals surface area contributed by atoms with Crippen LogP contribution in [0.2, 0.25) is 0 Å². The number of nitrogens with zero attached hydrogens (tertiary/aromatic N) is 1. The van der Waals surface area contributed by atoms with Gasteiger partial charge in [0, 0.05) is 11.8 Å². The summed E-state index contributed by atoms with van der Waals surface area (Å²) in [6.07, 6.45) is 10.1. The molecule has 0 N–H and O–H groups in total. The summed E-state index contributed by atoms with van der Waals surface area (Å²) < 4.78 is 5.80. The van der Waals surface area contributed by atoms with E-state index < -0.39 is 0 Å². The molecule has 0 spiro atoms. The van der Waals surface area contributed by atoms with E-state index in [0.29, 0.717) is 0 Å². The monoisotopic (exact) mass is 197 g/mol. The van der Waals surface area contributed by atoms with Gasteiger partial charge in [0.2, 0.25) is 0 Å². The lowest BCUT2D eigenvalue weighted by Gasteiger charge is -2.19. The van der Waals surface area contributed by atoms with Gasteiger partial charge >= 0.3 is 0 Å². The van der Waals surface area contributed by atoms with E-state index in [-0.39, 0.29) is 6.23 Å². The molecule has 2 nitrogen and oxygen atoms in total. The highest BCUT2D eigenvalue weighted by Gasteiger charge is 2.23. The number of benzene rings is 1. The van der Waals surface area contributed by atoms with Crippen LogP contribution in [0.1, 0.15) is 5.56 Å². The van der Waals surface area contributed by atoms with Crippen LogP contribution in [0.5, 0.6) is 0 Å². The van der Waals surface area contributed by atoms with Crippen molar-refractivity contribution in [3.8, 4) is 0 Å². The minimum Gasteiger partial charge on any atom is -0.464 e. The van der Waals surface area contributed by atoms with Gasteiger partial charge < -0.3 is 9.64 Å². The lowest BCUT2D eigenvalue weighted by molar-refractivity contribution is 0.142. The zero-order chi connectivity index (χ0) is 10.1. The van der Waals surface area contributed by atoms with Crippen molar-refractivity contribution < 1.29 is 4.74 Å². The predicted molar refractivity (Wildman–Crippen MR) is 59.4 cm³/mol. The average molecular weight is 197 g/mol. The summed E-state index contributed by atoms with van der Waals surface area (Å²) in [5.41, 5.74) is 1.12. The number of rotatable bonds is 1. The van der Waals surface area contributed by atoms with Crippen LogP contribution in [0.3, 0.4) is 0 Å². The molecule has 0 amide bonds.